The van der Waals surface area contributed by atoms with Crippen molar-refractivity contribution < 1.29 is 4.79 Å². The van der Waals surface area contributed by atoms with Crippen molar-refractivity contribution >= 4 is 34.6 Å². The Hall–Kier alpha value is -3.05. The average Bonchev–Trinajstić information content (AvgIpc) is 3.20. The third-order valence-electron chi connectivity index (χ3n) is 6.22. The molecule has 3 aromatic rings. The number of carbonyl (C=O) groups is 1. The Morgan fingerprint density at radius 2 is 1.67 bits per heavy atom. The van der Waals surface area contributed by atoms with E-state index >= 15 is 0 Å². The molecule has 1 aliphatic heterocycles. The molecule has 4 nitrogen and oxygen atoms in total. The number of rotatable bonds is 4. The van der Waals surface area contributed by atoms with Crippen LogP contribution in [0.25, 0.3) is 11.8 Å². The zero-order valence-electron chi connectivity index (χ0n) is 20.5. The van der Waals surface area contributed by atoms with E-state index in [0.29, 0.717) is 10.1 Å². The molecule has 0 atom stereocenters. The summed E-state index contributed by atoms with van der Waals surface area (Å²) < 4.78 is 2.28. The third kappa shape index (κ3) is 4.30. The lowest BCUT2D eigenvalue weighted by molar-refractivity contribution is -0.121. The number of thioether (sulfide) groups is 1. The standard InChI is InChI=1S/C28H31N3OS/c1-8-22-11-9-10-12-24(22)31-20(5)15-23(21(31)6)16-25-27(32)30(7)28(33-25)29-26-18(3)13-17(2)14-19(26)4/h9-16H,8H2,1-7H3/b25-16-,29-28?. The highest BCUT2D eigenvalue weighted by Crippen LogP contribution is 2.36. The van der Waals surface area contributed by atoms with Crippen molar-refractivity contribution in [3.8, 4) is 5.69 Å². The van der Waals surface area contributed by atoms with E-state index in [1.54, 1.807) is 11.9 Å². The van der Waals surface area contributed by atoms with Crippen molar-refractivity contribution in [3.63, 3.8) is 0 Å². The predicted octanol–water partition coefficient (Wildman–Crippen LogP) is 6.82. The van der Waals surface area contributed by atoms with Crippen LogP contribution in [0.15, 0.2) is 52.4 Å². The van der Waals surface area contributed by atoms with Crippen molar-refractivity contribution in [2.75, 3.05) is 7.05 Å². The second-order valence-corrected chi connectivity index (χ2v) is 9.77. The predicted molar refractivity (Wildman–Crippen MR) is 141 cm³/mol. The van der Waals surface area contributed by atoms with Crippen molar-refractivity contribution in [3.05, 3.63) is 86.6 Å². The Balaban J connectivity index is 1.72. The average molecular weight is 458 g/mol. The molecule has 0 saturated carbocycles. The van der Waals surface area contributed by atoms with Crippen LogP contribution in [-0.4, -0.2) is 27.6 Å². The first-order chi connectivity index (χ1) is 15.7. The molecule has 5 heteroatoms. The molecule has 33 heavy (non-hydrogen) atoms. The van der Waals surface area contributed by atoms with Gasteiger partial charge in [-0.25, -0.2) is 4.99 Å². The van der Waals surface area contributed by atoms with E-state index in [0.717, 1.165) is 40.2 Å². The van der Waals surface area contributed by atoms with Crippen molar-refractivity contribution in [1.82, 2.24) is 9.47 Å². The Morgan fingerprint density at radius 3 is 2.33 bits per heavy atom. The number of aryl methyl sites for hydroxylation is 5. The number of likely N-dealkylation sites (N-methyl/N-ethyl adjacent to an activating group) is 1. The van der Waals surface area contributed by atoms with Crippen molar-refractivity contribution in [1.29, 1.82) is 0 Å². The highest BCUT2D eigenvalue weighted by atomic mass is 32.2. The van der Waals surface area contributed by atoms with Gasteiger partial charge in [0.15, 0.2) is 5.17 Å². The second-order valence-electron chi connectivity index (χ2n) is 8.76. The molecular weight excluding hydrogens is 426 g/mol. The molecule has 1 aromatic heterocycles. The van der Waals surface area contributed by atoms with Crippen LogP contribution in [0.3, 0.4) is 0 Å². The van der Waals surface area contributed by atoms with Gasteiger partial charge in [-0.1, -0.05) is 42.8 Å². The van der Waals surface area contributed by atoms with Gasteiger partial charge in [-0.3, -0.25) is 9.69 Å². The van der Waals surface area contributed by atoms with Gasteiger partial charge in [0.2, 0.25) is 0 Å². The molecule has 0 aliphatic carbocycles. The van der Waals surface area contributed by atoms with Crippen LogP contribution in [0, 0.1) is 34.6 Å². The number of nitrogens with zero attached hydrogens (tertiary/aromatic N) is 3. The van der Waals surface area contributed by atoms with E-state index in [-0.39, 0.29) is 5.91 Å². The quantitative estimate of drug-likeness (QED) is 0.403. The number of aromatic nitrogens is 1. The summed E-state index contributed by atoms with van der Waals surface area (Å²) in [5.41, 5.74) is 10.3. The minimum absolute atomic E-state index is 0.0140. The molecule has 0 spiro atoms. The first-order valence-electron chi connectivity index (χ1n) is 11.3. The van der Waals surface area contributed by atoms with Gasteiger partial charge in [-0.15, -0.1) is 0 Å². The fraction of sp³-hybridized carbons (Fsp3) is 0.286. The van der Waals surface area contributed by atoms with Crippen LogP contribution in [0.4, 0.5) is 5.69 Å². The topological polar surface area (TPSA) is 37.6 Å². The summed E-state index contributed by atoms with van der Waals surface area (Å²) >= 11 is 1.44. The fourth-order valence-corrected chi connectivity index (χ4v) is 5.53. The summed E-state index contributed by atoms with van der Waals surface area (Å²) in [6.07, 6.45) is 2.98. The molecule has 4 rings (SSSR count). The maximum absolute atomic E-state index is 13.1. The van der Waals surface area contributed by atoms with Gasteiger partial charge in [0, 0.05) is 24.1 Å². The number of hydrogen-bond acceptors (Lipinski definition) is 3. The normalized spacial score (nSPS) is 16.5. The van der Waals surface area contributed by atoms with E-state index in [1.807, 2.05) is 6.08 Å². The smallest absolute Gasteiger partial charge is 0.266 e. The zero-order chi connectivity index (χ0) is 23.9. The van der Waals surface area contributed by atoms with Gasteiger partial charge < -0.3 is 4.57 Å². The molecule has 2 heterocycles. The van der Waals surface area contributed by atoms with Gasteiger partial charge in [-0.05, 0) is 93.3 Å². The molecule has 0 N–H and O–H groups in total. The van der Waals surface area contributed by atoms with Crippen LogP contribution >= 0.6 is 11.8 Å². The molecule has 0 radical (unpaired) electrons. The van der Waals surface area contributed by atoms with Crippen LogP contribution < -0.4 is 0 Å². The van der Waals surface area contributed by atoms with E-state index in [9.17, 15) is 4.79 Å². The highest BCUT2D eigenvalue weighted by Gasteiger charge is 2.31. The first-order valence-corrected chi connectivity index (χ1v) is 12.1. The van der Waals surface area contributed by atoms with Gasteiger partial charge >= 0.3 is 0 Å². The van der Waals surface area contributed by atoms with E-state index < -0.39 is 0 Å². The molecular formula is C28H31N3OS. The number of aliphatic imine (C=N–C) groups is 1. The maximum atomic E-state index is 13.1. The summed E-state index contributed by atoms with van der Waals surface area (Å²) in [5, 5.41) is 0.714. The summed E-state index contributed by atoms with van der Waals surface area (Å²) in [6, 6.07) is 14.9. The summed E-state index contributed by atoms with van der Waals surface area (Å²) in [4.78, 5) is 20.3. The van der Waals surface area contributed by atoms with Crippen LogP contribution in [0.2, 0.25) is 0 Å². The van der Waals surface area contributed by atoms with E-state index in [1.165, 1.54) is 28.6 Å². The summed E-state index contributed by atoms with van der Waals surface area (Å²) in [5.74, 6) is -0.0140. The molecule has 1 amide bonds. The number of amidine groups is 1. The Labute approximate surface area is 201 Å². The largest absolute Gasteiger partial charge is 0.318 e. The fourth-order valence-electron chi connectivity index (χ4n) is 4.57. The molecule has 1 fully saturated rings. The van der Waals surface area contributed by atoms with Gasteiger partial charge in [0.05, 0.1) is 10.6 Å². The summed E-state index contributed by atoms with van der Waals surface area (Å²) in [7, 11) is 1.80. The number of hydrogen-bond donors (Lipinski definition) is 0. The van der Waals surface area contributed by atoms with Crippen LogP contribution in [0.1, 0.15) is 46.1 Å². The van der Waals surface area contributed by atoms with Crippen LogP contribution in [-0.2, 0) is 11.2 Å². The lowest BCUT2D eigenvalue weighted by atomic mass is 10.1. The second kappa shape index (κ2) is 9.06. The lowest BCUT2D eigenvalue weighted by Gasteiger charge is -2.14. The van der Waals surface area contributed by atoms with Gasteiger partial charge in [0.25, 0.3) is 5.91 Å². The van der Waals surface area contributed by atoms with Gasteiger partial charge in [0.1, 0.15) is 0 Å². The number of carbonyl (C=O) groups excluding carboxylic acids is 1. The number of benzene rings is 2. The van der Waals surface area contributed by atoms with Crippen molar-refractivity contribution in [2.24, 2.45) is 4.99 Å². The molecule has 1 saturated heterocycles. The molecule has 0 bridgehead atoms. The highest BCUT2D eigenvalue weighted by molar-refractivity contribution is 8.18. The van der Waals surface area contributed by atoms with Gasteiger partial charge in [-0.2, -0.15) is 0 Å². The first kappa shape index (κ1) is 23.1. The number of amides is 1. The third-order valence-corrected chi connectivity index (χ3v) is 7.28. The molecule has 170 valence electrons. The minimum Gasteiger partial charge on any atom is -0.318 e. The SMILES string of the molecule is CCc1ccccc1-n1c(C)cc(/C=C2\SC(=Nc3c(C)cc(C)cc3C)N(C)C2=O)c1C. The molecule has 2 aromatic carbocycles. The summed E-state index contributed by atoms with van der Waals surface area (Å²) in [6.45, 7) is 12.6. The maximum Gasteiger partial charge on any atom is 0.266 e. The minimum atomic E-state index is -0.0140. The molecule has 0 unspecified atom stereocenters. The zero-order valence-corrected chi connectivity index (χ0v) is 21.3. The van der Waals surface area contributed by atoms with E-state index in [2.05, 4.69) is 88.6 Å². The van der Waals surface area contributed by atoms with E-state index in [4.69, 9.17) is 4.99 Å². The molecule has 1 aliphatic rings. The van der Waals surface area contributed by atoms with Crippen molar-refractivity contribution in [2.45, 2.75) is 48.0 Å². The Morgan fingerprint density at radius 1 is 1.00 bits per heavy atom. The monoisotopic (exact) mass is 457 g/mol. The van der Waals surface area contributed by atoms with Crippen LogP contribution in [0.5, 0.6) is 0 Å². The Kier molecular flexibility index (Phi) is 6.35. The lowest BCUT2D eigenvalue weighted by Crippen LogP contribution is -2.23. The number of para-hydroxylation sites is 1. The Bertz CT molecular complexity index is 1290.